The molecule has 2 atom stereocenters. The van der Waals surface area contributed by atoms with E-state index in [4.69, 9.17) is 17.0 Å². The van der Waals surface area contributed by atoms with Gasteiger partial charge in [0, 0.05) is 23.1 Å². The lowest BCUT2D eigenvalue weighted by Crippen LogP contribution is -2.46. The summed E-state index contributed by atoms with van der Waals surface area (Å²) in [6.45, 7) is 5.68. The minimum atomic E-state index is 0.101. The van der Waals surface area contributed by atoms with Crippen molar-refractivity contribution in [1.29, 1.82) is 0 Å². The van der Waals surface area contributed by atoms with Gasteiger partial charge in [0.25, 0.3) is 0 Å². The Hall–Kier alpha value is -0.430. The normalized spacial score (nSPS) is 22.1. The summed E-state index contributed by atoms with van der Waals surface area (Å²) < 4.78 is 7.44. The van der Waals surface area contributed by atoms with Gasteiger partial charge in [-0.2, -0.15) is 0 Å². The number of thioether (sulfide) groups is 1. The molecule has 0 bridgehead atoms. The van der Waals surface area contributed by atoms with Gasteiger partial charge in [0.2, 0.25) is 0 Å². The summed E-state index contributed by atoms with van der Waals surface area (Å²) in [4.78, 5) is 14.3. The largest absolute Gasteiger partial charge is 0.372 e. The number of halogens is 1. The molecule has 0 radical (unpaired) electrons. The molecule has 21 heavy (non-hydrogen) atoms. The van der Waals surface area contributed by atoms with Gasteiger partial charge in [0.1, 0.15) is 4.32 Å². The highest BCUT2D eigenvalue weighted by Gasteiger charge is 2.24. The van der Waals surface area contributed by atoms with E-state index >= 15 is 0 Å². The molecule has 0 spiro atoms. The third-order valence-electron chi connectivity index (χ3n) is 3.17. The Balaban J connectivity index is 1.86. The molecule has 6 heteroatoms. The number of benzene rings is 1. The maximum absolute atomic E-state index is 12.1. The molecule has 1 aromatic rings. The van der Waals surface area contributed by atoms with Crippen LogP contribution in [-0.2, 0) is 4.74 Å². The first-order valence-electron chi connectivity index (χ1n) is 6.81. The predicted molar refractivity (Wildman–Crippen MR) is 95.1 cm³/mol. The number of Topliss-reactive ketones (excluding diaryl/α,β-unsaturated/α-hetero) is 1. The molecule has 1 fully saturated rings. The van der Waals surface area contributed by atoms with E-state index < -0.39 is 0 Å². The lowest BCUT2D eigenvalue weighted by Gasteiger charge is -2.36. The Morgan fingerprint density at radius 2 is 1.90 bits per heavy atom. The van der Waals surface area contributed by atoms with Crippen molar-refractivity contribution in [3.05, 3.63) is 34.3 Å². The van der Waals surface area contributed by atoms with Crippen molar-refractivity contribution in [3.8, 4) is 0 Å². The van der Waals surface area contributed by atoms with Crippen molar-refractivity contribution in [2.75, 3.05) is 18.8 Å². The molecule has 1 aromatic carbocycles. The topological polar surface area (TPSA) is 29.5 Å². The zero-order chi connectivity index (χ0) is 15.4. The van der Waals surface area contributed by atoms with Crippen molar-refractivity contribution in [1.82, 2.24) is 4.90 Å². The van der Waals surface area contributed by atoms with Gasteiger partial charge in [-0.3, -0.25) is 4.79 Å². The van der Waals surface area contributed by atoms with Crippen molar-refractivity contribution >= 4 is 50.0 Å². The number of carbonyl (C=O) groups is 1. The van der Waals surface area contributed by atoms with Crippen molar-refractivity contribution in [2.45, 2.75) is 26.1 Å². The molecule has 1 heterocycles. The molecular formula is C15H18BrNO2S2. The van der Waals surface area contributed by atoms with Crippen LogP contribution in [0.4, 0.5) is 0 Å². The Bertz CT molecular complexity index is 511. The first-order valence-corrected chi connectivity index (χ1v) is 9.00. The summed E-state index contributed by atoms with van der Waals surface area (Å²) in [5, 5.41) is 0. The third kappa shape index (κ3) is 5.06. The summed E-state index contributed by atoms with van der Waals surface area (Å²) in [6.07, 6.45) is 0.351. The quantitative estimate of drug-likeness (QED) is 0.581. The zero-order valence-electron chi connectivity index (χ0n) is 12.0. The van der Waals surface area contributed by atoms with Crippen molar-refractivity contribution < 1.29 is 9.53 Å². The number of ether oxygens (including phenoxy) is 1. The standard InChI is InChI=1S/C15H18BrNO2S2/c1-10-7-17(8-11(2)19-10)15(20)21-9-14(18)12-3-5-13(16)6-4-12/h3-6,10-11H,7-9H2,1-2H3/t10-,11-/m0/s1. The van der Waals surface area contributed by atoms with Crippen LogP contribution in [0, 0.1) is 0 Å². The molecule has 1 saturated heterocycles. The second kappa shape index (κ2) is 7.72. The SMILES string of the molecule is C[C@H]1CN(C(=S)SCC(=O)c2ccc(Br)cc2)C[C@H](C)O1. The molecule has 0 saturated carbocycles. The third-order valence-corrected chi connectivity index (χ3v) is 5.22. The van der Waals surface area contributed by atoms with Crippen molar-refractivity contribution in [2.24, 2.45) is 0 Å². The van der Waals surface area contributed by atoms with E-state index in [1.54, 1.807) is 0 Å². The Morgan fingerprint density at radius 1 is 1.33 bits per heavy atom. The Morgan fingerprint density at radius 3 is 2.48 bits per heavy atom. The maximum atomic E-state index is 12.1. The van der Waals surface area contributed by atoms with Crippen LogP contribution in [0.1, 0.15) is 24.2 Å². The van der Waals surface area contributed by atoms with E-state index in [1.807, 2.05) is 38.1 Å². The van der Waals surface area contributed by atoms with Crippen LogP contribution < -0.4 is 0 Å². The molecule has 1 aliphatic rings. The minimum Gasteiger partial charge on any atom is -0.372 e. The number of ketones is 1. The first-order chi connectivity index (χ1) is 9.95. The number of rotatable bonds is 3. The van der Waals surface area contributed by atoms with Gasteiger partial charge in [-0.1, -0.05) is 52.0 Å². The average Bonchev–Trinajstić information content (AvgIpc) is 2.44. The Labute approximate surface area is 143 Å². The van der Waals surface area contributed by atoms with E-state index in [9.17, 15) is 4.79 Å². The van der Waals surface area contributed by atoms with Gasteiger partial charge >= 0.3 is 0 Å². The predicted octanol–water partition coefficient (Wildman–Crippen LogP) is 3.76. The molecule has 1 aliphatic heterocycles. The van der Waals surface area contributed by atoms with Crippen LogP contribution in [0.5, 0.6) is 0 Å². The van der Waals surface area contributed by atoms with E-state index in [2.05, 4.69) is 20.8 Å². The summed E-state index contributed by atoms with van der Waals surface area (Å²) in [5.41, 5.74) is 0.720. The molecule has 0 N–H and O–H groups in total. The molecule has 3 nitrogen and oxygen atoms in total. The van der Waals surface area contributed by atoms with Gasteiger partial charge in [0.05, 0.1) is 18.0 Å². The van der Waals surface area contributed by atoms with Crippen LogP contribution in [0.2, 0.25) is 0 Å². The van der Waals surface area contributed by atoms with E-state index in [-0.39, 0.29) is 18.0 Å². The lowest BCUT2D eigenvalue weighted by molar-refractivity contribution is -0.0465. The fourth-order valence-corrected chi connectivity index (χ4v) is 3.61. The number of hydrogen-bond acceptors (Lipinski definition) is 4. The van der Waals surface area contributed by atoms with E-state index in [0.29, 0.717) is 5.75 Å². The smallest absolute Gasteiger partial charge is 0.173 e. The van der Waals surface area contributed by atoms with Gasteiger partial charge in [-0.05, 0) is 26.0 Å². The van der Waals surface area contributed by atoms with Crippen LogP contribution in [0.15, 0.2) is 28.7 Å². The number of thiocarbonyl (C=S) groups is 1. The highest BCUT2D eigenvalue weighted by Crippen LogP contribution is 2.19. The molecule has 114 valence electrons. The number of nitrogens with zero attached hydrogens (tertiary/aromatic N) is 1. The highest BCUT2D eigenvalue weighted by molar-refractivity contribution is 9.10. The second-order valence-electron chi connectivity index (χ2n) is 5.15. The number of hydrogen-bond donors (Lipinski definition) is 0. The summed E-state index contributed by atoms with van der Waals surface area (Å²) in [7, 11) is 0. The maximum Gasteiger partial charge on any atom is 0.173 e. The van der Waals surface area contributed by atoms with Crippen LogP contribution in [0.3, 0.4) is 0 Å². The molecule has 0 aliphatic carbocycles. The van der Waals surface area contributed by atoms with Crippen LogP contribution in [-0.4, -0.2) is 46.1 Å². The number of morpholine rings is 1. The van der Waals surface area contributed by atoms with Gasteiger partial charge in [-0.15, -0.1) is 0 Å². The molecular weight excluding hydrogens is 370 g/mol. The van der Waals surface area contributed by atoms with Gasteiger partial charge in [-0.25, -0.2) is 0 Å². The molecule has 0 unspecified atom stereocenters. The van der Waals surface area contributed by atoms with Crippen LogP contribution in [0.25, 0.3) is 0 Å². The van der Waals surface area contributed by atoms with Gasteiger partial charge in [0.15, 0.2) is 5.78 Å². The second-order valence-corrected chi connectivity index (χ2v) is 7.67. The van der Waals surface area contributed by atoms with E-state index in [1.165, 1.54) is 11.8 Å². The highest BCUT2D eigenvalue weighted by atomic mass is 79.9. The summed E-state index contributed by atoms with van der Waals surface area (Å²) >= 11 is 10.2. The fraction of sp³-hybridized carbons (Fsp3) is 0.467. The average molecular weight is 388 g/mol. The van der Waals surface area contributed by atoms with Crippen LogP contribution >= 0.6 is 39.9 Å². The zero-order valence-corrected chi connectivity index (χ0v) is 15.3. The number of carbonyl (C=O) groups excluding carboxylic acids is 1. The van der Waals surface area contributed by atoms with Gasteiger partial charge < -0.3 is 9.64 Å². The minimum absolute atomic E-state index is 0.101. The van der Waals surface area contributed by atoms with Crippen molar-refractivity contribution in [3.63, 3.8) is 0 Å². The monoisotopic (exact) mass is 387 g/mol. The summed E-state index contributed by atoms with van der Waals surface area (Å²) in [5.74, 6) is 0.477. The van der Waals surface area contributed by atoms with E-state index in [0.717, 1.165) is 27.4 Å². The fourth-order valence-electron chi connectivity index (χ4n) is 2.26. The lowest BCUT2D eigenvalue weighted by atomic mass is 10.2. The molecule has 0 amide bonds. The first kappa shape index (κ1) is 16.9. The molecule has 2 rings (SSSR count). The summed E-state index contributed by atoms with van der Waals surface area (Å²) in [6, 6.07) is 7.41. The Kier molecular flexibility index (Phi) is 6.22. The molecule has 0 aromatic heterocycles.